The number of anilines is 1. The van der Waals surface area contributed by atoms with Gasteiger partial charge in [0.2, 0.25) is 6.17 Å². The van der Waals surface area contributed by atoms with Gasteiger partial charge in [-0.3, -0.25) is 15.1 Å². The molecular weight excluding hydrogens is 354 g/mol. The number of ether oxygens (including phenoxy) is 1. The van der Waals surface area contributed by atoms with Gasteiger partial charge in [-0.15, -0.1) is 0 Å². The molecule has 1 N–H and O–H groups in total. The maximum atomic E-state index is 12.9. The molecule has 1 aliphatic carbocycles. The summed E-state index contributed by atoms with van der Waals surface area (Å²) >= 11 is 0. The number of benzene rings is 2. The number of amides is 2. The van der Waals surface area contributed by atoms with Crippen LogP contribution >= 0.6 is 0 Å². The van der Waals surface area contributed by atoms with Crippen molar-refractivity contribution in [1.29, 1.82) is 0 Å². The Bertz CT molecular complexity index is 906. The number of carbonyl (C=O) groups is 2. The first-order chi connectivity index (χ1) is 13.6. The summed E-state index contributed by atoms with van der Waals surface area (Å²) in [5, 5.41) is 2.64. The molecule has 2 aliphatic rings. The normalized spacial score (nSPS) is 19.2. The summed E-state index contributed by atoms with van der Waals surface area (Å²) in [7, 11) is 1.71. The molecule has 1 heterocycles. The van der Waals surface area contributed by atoms with Crippen LogP contribution in [0.25, 0.3) is 0 Å². The Morgan fingerprint density at radius 3 is 2.57 bits per heavy atom. The molecule has 2 aromatic rings. The third-order valence-corrected chi connectivity index (χ3v) is 5.33. The summed E-state index contributed by atoms with van der Waals surface area (Å²) in [6.07, 6.45) is 1.62. The second kappa shape index (κ2) is 7.84. The van der Waals surface area contributed by atoms with Gasteiger partial charge in [0.15, 0.2) is 0 Å². The first-order valence-electron chi connectivity index (χ1n) is 9.55. The highest BCUT2D eigenvalue weighted by Gasteiger charge is 2.34. The van der Waals surface area contributed by atoms with Gasteiger partial charge < -0.3 is 9.64 Å². The molecular formula is C22H23N3O3. The number of hydrogen-bond acceptors (Lipinski definition) is 4. The number of para-hydroxylation sites is 1. The van der Waals surface area contributed by atoms with E-state index in [9.17, 15) is 9.59 Å². The number of carbonyl (C=O) groups excluding carboxylic acids is 2. The number of fused-ring (bicyclic) bond motifs is 1. The van der Waals surface area contributed by atoms with Crippen molar-refractivity contribution in [2.24, 2.45) is 10.9 Å². The minimum Gasteiger partial charge on any atom is -0.445 e. The molecule has 0 saturated heterocycles. The molecule has 1 saturated carbocycles. The summed E-state index contributed by atoms with van der Waals surface area (Å²) in [6.45, 7) is 0.142. The highest BCUT2D eigenvalue weighted by molar-refractivity contribution is 6.14. The first kappa shape index (κ1) is 18.2. The molecule has 1 atom stereocenters. The lowest BCUT2D eigenvalue weighted by Crippen LogP contribution is -2.46. The van der Waals surface area contributed by atoms with Crippen molar-refractivity contribution in [1.82, 2.24) is 5.32 Å². The van der Waals surface area contributed by atoms with Crippen LogP contribution in [0.5, 0.6) is 0 Å². The van der Waals surface area contributed by atoms with E-state index in [1.165, 1.54) is 0 Å². The van der Waals surface area contributed by atoms with Crippen LogP contribution in [0, 0.1) is 5.92 Å². The first-order valence-corrected chi connectivity index (χ1v) is 9.55. The van der Waals surface area contributed by atoms with Crippen molar-refractivity contribution in [3.63, 3.8) is 0 Å². The van der Waals surface area contributed by atoms with Gasteiger partial charge in [0.25, 0.3) is 5.91 Å². The second-order valence-electron chi connectivity index (χ2n) is 7.17. The molecule has 2 aromatic carbocycles. The van der Waals surface area contributed by atoms with Crippen LogP contribution in [0.4, 0.5) is 10.5 Å². The van der Waals surface area contributed by atoms with Crippen LogP contribution in [-0.4, -0.2) is 30.9 Å². The van der Waals surface area contributed by atoms with E-state index in [1.54, 1.807) is 11.9 Å². The molecule has 6 nitrogen and oxygen atoms in total. The number of aliphatic imine (C=N–C) groups is 1. The number of likely N-dealkylation sites (N-methyl/N-ethyl adjacent to an activating group) is 1. The van der Waals surface area contributed by atoms with Gasteiger partial charge in [0.1, 0.15) is 6.61 Å². The number of nitrogens with one attached hydrogen (secondary N) is 1. The molecule has 28 heavy (non-hydrogen) atoms. The van der Waals surface area contributed by atoms with Gasteiger partial charge in [0.05, 0.1) is 11.4 Å². The quantitative estimate of drug-likeness (QED) is 0.886. The zero-order valence-electron chi connectivity index (χ0n) is 15.8. The summed E-state index contributed by atoms with van der Waals surface area (Å²) in [6, 6.07) is 17.2. The van der Waals surface area contributed by atoms with E-state index >= 15 is 0 Å². The van der Waals surface area contributed by atoms with Crippen LogP contribution in [0.15, 0.2) is 59.6 Å². The van der Waals surface area contributed by atoms with E-state index < -0.39 is 12.3 Å². The Labute approximate surface area is 164 Å². The number of alkyl carbamates (subject to hydrolysis) is 1. The Morgan fingerprint density at radius 2 is 1.86 bits per heavy atom. The van der Waals surface area contributed by atoms with Gasteiger partial charge in [-0.2, -0.15) is 0 Å². The van der Waals surface area contributed by atoms with E-state index in [-0.39, 0.29) is 12.5 Å². The van der Waals surface area contributed by atoms with Gasteiger partial charge in [0, 0.05) is 18.5 Å². The molecule has 0 aromatic heterocycles. The van der Waals surface area contributed by atoms with Crippen LogP contribution < -0.4 is 10.2 Å². The monoisotopic (exact) mass is 377 g/mol. The molecule has 144 valence electrons. The third kappa shape index (κ3) is 3.63. The summed E-state index contributed by atoms with van der Waals surface area (Å²) in [5.41, 5.74) is 3.56. The maximum Gasteiger partial charge on any atom is 0.409 e. The molecule has 1 fully saturated rings. The number of nitrogens with zero attached hydrogens (tertiary/aromatic N) is 2. The fourth-order valence-corrected chi connectivity index (χ4v) is 3.53. The topological polar surface area (TPSA) is 71.0 Å². The lowest BCUT2D eigenvalue weighted by molar-refractivity contribution is -0.120. The maximum absolute atomic E-state index is 12.9. The van der Waals surface area contributed by atoms with Gasteiger partial charge in [-0.25, -0.2) is 4.79 Å². The highest BCUT2D eigenvalue weighted by atomic mass is 16.5. The van der Waals surface area contributed by atoms with E-state index in [1.807, 2.05) is 54.6 Å². The summed E-state index contributed by atoms with van der Waals surface area (Å²) in [4.78, 5) is 31.5. The fourth-order valence-electron chi connectivity index (χ4n) is 3.53. The standard InChI is InChI=1S/C22H23N3O3/c1-25-18-13-6-5-12-17(18)19(16-10-7-11-16)23-20(21(25)26)24-22(27)28-14-15-8-3-2-4-9-15/h2-6,8-9,12-13,16,20H,7,10-11,14H2,1H3,(H,24,27)/t20-/m1/s1. The van der Waals surface area contributed by atoms with E-state index in [0.717, 1.165) is 41.8 Å². The lowest BCUT2D eigenvalue weighted by Gasteiger charge is -2.28. The predicted octanol–water partition coefficient (Wildman–Crippen LogP) is 3.50. The Balaban J connectivity index is 1.54. The van der Waals surface area contributed by atoms with Gasteiger partial charge in [-0.1, -0.05) is 55.0 Å². The molecule has 0 unspecified atom stereocenters. The Kier molecular flexibility index (Phi) is 5.10. The minimum atomic E-state index is -0.990. The third-order valence-electron chi connectivity index (χ3n) is 5.33. The molecule has 0 spiro atoms. The smallest absolute Gasteiger partial charge is 0.409 e. The second-order valence-corrected chi connectivity index (χ2v) is 7.17. The molecule has 2 amide bonds. The SMILES string of the molecule is CN1C(=O)[C@@H](NC(=O)OCc2ccccc2)N=C(C2CCC2)c2ccccc21. The largest absolute Gasteiger partial charge is 0.445 e. The van der Waals surface area contributed by atoms with Crippen molar-refractivity contribution < 1.29 is 14.3 Å². The summed E-state index contributed by atoms with van der Waals surface area (Å²) < 4.78 is 5.28. The Hall–Kier alpha value is -3.15. The van der Waals surface area contributed by atoms with Gasteiger partial charge in [-0.05, 0) is 24.5 Å². The van der Waals surface area contributed by atoms with Crippen LogP contribution in [0.2, 0.25) is 0 Å². The molecule has 0 bridgehead atoms. The molecule has 1 aliphatic heterocycles. The zero-order valence-corrected chi connectivity index (χ0v) is 15.8. The molecule has 0 radical (unpaired) electrons. The van der Waals surface area contributed by atoms with Crippen molar-refractivity contribution in [3.8, 4) is 0 Å². The minimum absolute atomic E-state index is 0.142. The van der Waals surface area contributed by atoms with Crippen molar-refractivity contribution >= 4 is 23.4 Å². The van der Waals surface area contributed by atoms with E-state index in [0.29, 0.717) is 5.92 Å². The number of benzodiazepines with no additional fused rings is 1. The number of rotatable bonds is 4. The average molecular weight is 377 g/mol. The Morgan fingerprint density at radius 1 is 1.14 bits per heavy atom. The zero-order chi connectivity index (χ0) is 19.5. The molecule has 4 rings (SSSR count). The van der Waals surface area contributed by atoms with Crippen LogP contribution in [0.3, 0.4) is 0 Å². The van der Waals surface area contributed by atoms with Crippen molar-refractivity contribution in [2.75, 3.05) is 11.9 Å². The predicted molar refractivity (Wildman–Crippen MR) is 107 cm³/mol. The van der Waals surface area contributed by atoms with E-state index in [4.69, 9.17) is 4.74 Å². The molecule has 6 heteroatoms. The number of hydrogen-bond donors (Lipinski definition) is 1. The average Bonchev–Trinajstić information content (AvgIpc) is 2.78. The summed E-state index contributed by atoms with van der Waals surface area (Å²) in [5.74, 6) is 0.0449. The van der Waals surface area contributed by atoms with E-state index in [2.05, 4.69) is 10.3 Å². The van der Waals surface area contributed by atoms with Gasteiger partial charge >= 0.3 is 6.09 Å². The van der Waals surface area contributed by atoms with Crippen LogP contribution in [-0.2, 0) is 16.1 Å². The highest BCUT2D eigenvalue weighted by Crippen LogP contribution is 2.35. The van der Waals surface area contributed by atoms with Crippen molar-refractivity contribution in [3.05, 3.63) is 65.7 Å². The fraction of sp³-hybridized carbons (Fsp3) is 0.318. The van der Waals surface area contributed by atoms with Crippen molar-refractivity contribution in [2.45, 2.75) is 32.0 Å². The van der Waals surface area contributed by atoms with Crippen LogP contribution in [0.1, 0.15) is 30.4 Å². The lowest BCUT2D eigenvalue weighted by atomic mass is 9.79.